The van der Waals surface area contributed by atoms with E-state index in [0.29, 0.717) is 13.0 Å². The fraction of sp³-hybridized carbons (Fsp3) is 0.417. The Morgan fingerprint density at radius 1 is 1.56 bits per heavy atom. The number of β-amino-alcohol motifs (C(OH)–C–C–N with tert-alkyl or cyclic N) is 1. The minimum Gasteiger partial charge on any atom is -0.392 e. The van der Waals surface area contributed by atoms with Crippen molar-refractivity contribution in [3.63, 3.8) is 0 Å². The number of carbonyl (C=O) groups excluding carboxylic acids is 1. The fourth-order valence-electron chi connectivity index (χ4n) is 1.87. The third-order valence-corrected chi connectivity index (χ3v) is 2.71. The normalized spacial score (nSPS) is 24.4. The summed E-state index contributed by atoms with van der Waals surface area (Å²) in [5.74, 6) is -0.0813. The quantitative estimate of drug-likeness (QED) is 0.686. The van der Waals surface area contributed by atoms with Gasteiger partial charge >= 0.3 is 0 Å². The van der Waals surface area contributed by atoms with E-state index in [4.69, 9.17) is 0 Å². The Hall–Kier alpha value is -1.39. The summed E-state index contributed by atoms with van der Waals surface area (Å²) in [5.41, 5.74) is 1.91. The van der Waals surface area contributed by atoms with Gasteiger partial charge in [0.15, 0.2) is 0 Å². The van der Waals surface area contributed by atoms with Crippen LogP contribution >= 0.6 is 0 Å². The molecule has 4 nitrogen and oxygen atoms in total. The summed E-state index contributed by atoms with van der Waals surface area (Å²) in [6, 6.07) is 7.38. The van der Waals surface area contributed by atoms with Crippen LogP contribution in [0.1, 0.15) is 12.0 Å². The van der Waals surface area contributed by atoms with Gasteiger partial charge in [0.2, 0.25) is 5.91 Å². The zero-order chi connectivity index (χ0) is 11.5. The van der Waals surface area contributed by atoms with Crippen LogP contribution in [0.25, 0.3) is 0 Å². The molecule has 1 aromatic rings. The molecule has 1 aliphatic heterocycles. The molecule has 3 N–H and O–H groups in total. The van der Waals surface area contributed by atoms with E-state index < -0.39 is 6.10 Å². The van der Waals surface area contributed by atoms with Gasteiger partial charge in [-0.05, 0) is 31.0 Å². The molecule has 0 aromatic heterocycles. The van der Waals surface area contributed by atoms with Crippen molar-refractivity contribution < 1.29 is 9.90 Å². The van der Waals surface area contributed by atoms with Gasteiger partial charge in [0.05, 0.1) is 12.1 Å². The highest BCUT2D eigenvalue weighted by molar-refractivity contribution is 5.95. The summed E-state index contributed by atoms with van der Waals surface area (Å²) in [6.07, 6.45) is 0.0748. The number of carbonyl (C=O) groups is 1. The predicted octanol–water partition coefficient (Wildman–Crippen LogP) is 0.656. The molecule has 16 heavy (non-hydrogen) atoms. The molecule has 2 rings (SSSR count). The SMILES string of the molecule is Cc1cccc(NC(=O)C2CC(O)CN2)c1. The maximum Gasteiger partial charge on any atom is 0.241 e. The zero-order valence-electron chi connectivity index (χ0n) is 9.23. The molecule has 0 radical (unpaired) electrons. The van der Waals surface area contributed by atoms with E-state index in [2.05, 4.69) is 10.6 Å². The van der Waals surface area contributed by atoms with Crippen molar-refractivity contribution in [1.29, 1.82) is 0 Å². The highest BCUT2D eigenvalue weighted by Crippen LogP contribution is 2.12. The summed E-state index contributed by atoms with van der Waals surface area (Å²) in [7, 11) is 0. The van der Waals surface area contributed by atoms with E-state index in [1.165, 1.54) is 0 Å². The molecule has 2 unspecified atom stereocenters. The largest absolute Gasteiger partial charge is 0.392 e. The van der Waals surface area contributed by atoms with E-state index in [1.807, 2.05) is 31.2 Å². The lowest BCUT2D eigenvalue weighted by Crippen LogP contribution is -2.35. The number of benzene rings is 1. The van der Waals surface area contributed by atoms with Gasteiger partial charge in [-0.2, -0.15) is 0 Å². The van der Waals surface area contributed by atoms with Crippen molar-refractivity contribution >= 4 is 11.6 Å². The van der Waals surface area contributed by atoms with Crippen LogP contribution in [0, 0.1) is 6.92 Å². The van der Waals surface area contributed by atoms with E-state index in [9.17, 15) is 9.90 Å². The standard InChI is InChI=1S/C12H16N2O2/c1-8-3-2-4-9(5-8)14-12(16)11-6-10(15)7-13-11/h2-5,10-11,13,15H,6-7H2,1H3,(H,14,16). The van der Waals surface area contributed by atoms with Crippen molar-refractivity contribution in [3.05, 3.63) is 29.8 Å². The van der Waals surface area contributed by atoms with Gasteiger partial charge in [-0.3, -0.25) is 4.79 Å². The first-order valence-electron chi connectivity index (χ1n) is 5.44. The third kappa shape index (κ3) is 2.59. The van der Waals surface area contributed by atoms with Crippen molar-refractivity contribution in [3.8, 4) is 0 Å². The molecule has 1 saturated heterocycles. The molecule has 2 atom stereocenters. The molecular formula is C12H16N2O2. The first-order valence-corrected chi connectivity index (χ1v) is 5.44. The molecule has 0 saturated carbocycles. The maximum absolute atomic E-state index is 11.8. The molecule has 1 amide bonds. The highest BCUT2D eigenvalue weighted by atomic mass is 16.3. The molecule has 4 heteroatoms. The fourth-order valence-corrected chi connectivity index (χ4v) is 1.87. The first kappa shape index (κ1) is 11.1. The van der Waals surface area contributed by atoms with E-state index in [0.717, 1.165) is 11.3 Å². The average molecular weight is 220 g/mol. The lowest BCUT2D eigenvalue weighted by Gasteiger charge is -2.11. The minimum absolute atomic E-state index is 0.0813. The number of rotatable bonds is 2. The summed E-state index contributed by atoms with van der Waals surface area (Å²) < 4.78 is 0. The number of aliphatic hydroxyl groups is 1. The van der Waals surface area contributed by atoms with Crippen LogP contribution in [0.3, 0.4) is 0 Å². The summed E-state index contributed by atoms with van der Waals surface area (Å²) in [4.78, 5) is 11.8. The van der Waals surface area contributed by atoms with Crippen LogP contribution < -0.4 is 10.6 Å². The van der Waals surface area contributed by atoms with Crippen molar-refractivity contribution in [2.45, 2.75) is 25.5 Å². The smallest absolute Gasteiger partial charge is 0.241 e. The van der Waals surface area contributed by atoms with Gasteiger partial charge in [0.1, 0.15) is 0 Å². The Kier molecular flexibility index (Phi) is 3.22. The second-order valence-corrected chi connectivity index (χ2v) is 4.21. The van der Waals surface area contributed by atoms with Crippen molar-refractivity contribution in [2.24, 2.45) is 0 Å². The average Bonchev–Trinajstić information content (AvgIpc) is 2.65. The van der Waals surface area contributed by atoms with Crippen LogP contribution in [-0.2, 0) is 4.79 Å². The lowest BCUT2D eigenvalue weighted by molar-refractivity contribution is -0.117. The second-order valence-electron chi connectivity index (χ2n) is 4.21. The molecule has 0 spiro atoms. The van der Waals surface area contributed by atoms with E-state index in [-0.39, 0.29) is 11.9 Å². The van der Waals surface area contributed by atoms with Gasteiger partial charge in [-0.1, -0.05) is 12.1 Å². The molecule has 1 heterocycles. The van der Waals surface area contributed by atoms with Gasteiger partial charge in [-0.25, -0.2) is 0 Å². The Bertz CT molecular complexity index is 392. The summed E-state index contributed by atoms with van der Waals surface area (Å²) >= 11 is 0. The number of aryl methyl sites for hydroxylation is 1. The first-order chi connectivity index (χ1) is 7.65. The number of amides is 1. The van der Waals surface area contributed by atoms with Crippen molar-refractivity contribution in [1.82, 2.24) is 5.32 Å². The molecule has 1 aromatic carbocycles. The van der Waals surface area contributed by atoms with Crippen LogP contribution in [0.15, 0.2) is 24.3 Å². The van der Waals surface area contributed by atoms with Gasteiger partial charge < -0.3 is 15.7 Å². The third-order valence-electron chi connectivity index (χ3n) is 2.71. The monoisotopic (exact) mass is 220 g/mol. The van der Waals surface area contributed by atoms with Crippen LogP contribution in [-0.4, -0.2) is 29.7 Å². The van der Waals surface area contributed by atoms with E-state index >= 15 is 0 Å². The number of hydrogen-bond acceptors (Lipinski definition) is 3. The van der Waals surface area contributed by atoms with Gasteiger partial charge in [0.25, 0.3) is 0 Å². The molecular weight excluding hydrogens is 204 g/mol. The van der Waals surface area contributed by atoms with Crippen LogP contribution in [0.2, 0.25) is 0 Å². The Morgan fingerprint density at radius 3 is 3.00 bits per heavy atom. The molecule has 1 aliphatic rings. The lowest BCUT2D eigenvalue weighted by atomic mass is 10.1. The molecule has 86 valence electrons. The zero-order valence-corrected chi connectivity index (χ0v) is 9.23. The number of aliphatic hydroxyl groups excluding tert-OH is 1. The molecule has 0 aliphatic carbocycles. The Labute approximate surface area is 94.7 Å². The second kappa shape index (κ2) is 4.63. The van der Waals surface area contributed by atoms with Crippen LogP contribution in [0.5, 0.6) is 0 Å². The number of hydrogen-bond donors (Lipinski definition) is 3. The maximum atomic E-state index is 11.8. The van der Waals surface area contributed by atoms with Crippen LogP contribution in [0.4, 0.5) is 5.69 Å². The predicted molar refractivity (Wildman–Crippen MR) is 62.2 cm³/mol. The van der Waals surface area contributed by atoms with Gasteiger partial charge in [0, 0.05) is 12.2 Å². The highest BCUT2D eigenvalue weighted by Gasteiger charge is 2.27. The van der Waals surface area contributed by atoms with E-state index in [1.54, 1.807) is 0 Å². The number of anilines is 1. The van der Waals surface area contributed by atoms with Crippen molar-refractivity contribution in [2.75, 3.05) is 11.9 Å². The molecule has 1 fully saturated rings. The minimum atomic E-state index is -0.409. The number of nitrogens with one attached hydrogen (secondary N) is 2. The Morgan fingerprint density at radius 2 is 2.38 bits per heavy atom. The summed E-state index contributed by atoms with van der Waals surface area (Å²) in [5, 5.41) is 15.1. The molecule has 0 bridgehead atoms. The Balaban J connectivity index is 1.97. The topological polar surface area (TPSA) is 61.4 Å². The van der Waals surface area contributed by atoms with Gasteiger partial charge in [-0.15, -0.1) is 0 Å². The summed E-state index contributed by atoms with van der Waals surface area (Å²) in [6.45, 7) is 2.47.